The molecule has 25 heavy (non-hydrogen) atoms. The Balaban J connectivity index is 1.68. The molecule has 0 atom stereocenters. The summed E-state index contributed by atoms with van der Waals surface area (Å²) in [5.74, 6) is 1.29. The summed E-state index contributed by atoms with van der Waals surface area (Å²) in [5, 5.41) is 4.61. The van der Waals surface area contributed by atoms with Crippen LogP contribution >= 0.6 is 23.2 Å². The molecule has 1 fully saturated rings. The molecular weight excluding hydrogens is 359 g/mol. The second kappa shape index (κ2) is 8.56. The Morgan fingerprint density at radius 3 is 2.60 bits per heavy atom. The van der Waals surface area contributed by atoms with Gasteiger partial charge in [-0.05, 0) is 43.2 Å². The number of benzene rings is 2. The molecule has 6 heteroatoms. The van der Waals surface area contributed by atoms with Crippen LogP contribution in [0.15, 0.2) is 42.5 Å². The number of piperidine rings is 1. The minimum Gasteiger partial charge on any atom is -0.454 e. The summed E-state index contributed by atoms with van der Waals surface area (Å²) in [7, 11) is 0. The van der Waals surface area contributed by atoms with Crippen LogP contribution in [0.25, 0.3) is 0 Å². The molecular formula is C19H20Cl2N2O2. The summed E-state index contributed by atoms with van der Waals surface area (Å²) < 4.78 is 5.99. The van der Waals surface area contributed by atoms with Crippen molar-refractivity contribution < 1.29 is 9.53 Å². The van der Waals surface area contributed by atoms with Gasteiger partial charge in [0.25, 0.3) is 0 Å². The third-order valence-corrected chi connectivity index (χ3v) is 4.81. The number of rotatable bonds is 6. The quantitative estimate of drug-likeness (QED) is 0.728. The molecule has 0 aliphatic carbocycles. The van der Waals surface area contributed by atoms with Crippen LogP contribution in [0.4, 0.5) is 5.69 Å². The Bertz CT molecular complexity index is 731. The van der Waals surface area contributed by atoms with Crippen molar-refractivity contribution >= 4 is 35.2 Å². The van der Waals surface area contributed by atoms with Crippen molar-refractivity contribution in [1.82, 2.24) is 4.90 Å². The zero-order chi connectivity index (χ0) is 17.6. The minimum atomic E-state index is 0.355. The van der Waals surface area contributed by atoms with Gasteiger partial charge in [-0.3, -0.25) is 4.90 Å². The maximum Gasteiger partial charge on any atom is 0.150 e. The number of nitrogens with zero attached hydrogens (tertiary/aromatic N) is 1. The zero-order valence-electron chi connectivity index (χ0n) is 13.8. The van der Waals surface area contributed by atoms with Crippen molar-refractivity contribution in [2.45, 2.75) is 18.9 Å². The van der Waals surface area contributed by atoms with Crippen molar-refractivity contribution in [3.05, 3.63) is 52.5 Å². The van der Waals surface area contributed by atoms with E-state index in [1.165, 1.54) is 0 Å². The standard InChI is InChI=1S/C19H20Cl2N2O2/c20-14-5-6-18(16(21)13-14)25-19-4-2-1-3-17(19)22-15-7-9-23(10-8-15)11-12-24/h1-6,12-13,15,22H,7-11H2. The average Bonchev–Trinajstić information content (AvgIpc) is 2.61. The highest BCUT2D eigenvalue weighted by atomic mass is 35.5. The Labute approximate surface area is 157 Å². The number of ether oxygens (including phenoxy) is 1. The number of carbonyl (C=O) groups is 1. The molecule has 1 aliphatic rings. The highest BCUT2D eigenvalue weighted by Crippen LogP contribution is 2.35. The van der Waals surface area contributed by atoms with Crippen LogP contribution in [0.3, 0.4) is 0 Å². The zero-order valence-corrected chi connectivity index (χ0v) is 15.3. The summed E-state index contributed by atoms with van der Waals surface area (Å²) >= 11 is 12.1. The molecule has 4 nitrogen and oxygen atoms in total. The SMILES string of the molecule is O=CCN1CCC(Nc2ccccc2Oc2ccc(Cl)cc2Cl)CC1. The van der Waals surface area contributed by atoms with Gasteiger partial charge in [-0.2, -0.15) is 0 Å². The van der Waals surface area contributed by atoms with Crippen LogP contribution in [-0.2, 0) is 4.79 Å². The van der Waals surface area contributed by atoms with E-state index in [9.17, 15) is 4.79 Å². The van der Waals surface area contributed by atoms with Crippen LogP contribution < -0.4 is 10.1 Å². The second-order valence-corrected chi connectivity index (χ2v) is 6.90. The summed E-state index contributed by atoms with van der Waals surface area (Å²) in [5.41, 5.74) is 0.933. The van der Waals surface area contributed by atoms with E-state index in [2.05, 4.69) is 10.2 Å². The molecule has 0 radical (unpaired) electrons. The molecule has 0 aromatic heterocycles. The maximum absolute atomic E-state index is 10.6. The second-order valence-electron chi connectivity index (χ2n) is 6.06. The number of halogens is 2. The molecule has 2 aromatic carbocycles. The molecule has 0 saturated carbocycles. The summed E-state index contributed by atoms with van der Waals surface area (Å²) in [6, 6.07) is 13.3. The predicted octanol–water partition coefficient (Wildman–Crippen LogP) is 4.86. The lowest BCUT2D eigenvalue weighted by atomic mass is 10.0. The van der Waals surface area contributed by atoms with Crippen molar-refractivity contribution in [2.24, 2.45) is 0 Å². The molecule has 0 amide bonds. The number of hydrogen-bond donors (Lipinski definition) is 1. The first-order valence-electron chi connectivity index (χ1n) is 8.30. The van der Waals surface area contributed by atoms with E-state index in [4.69, 9.17) is 27.9 Å². The lowest BCUT2D eigenvalue weighted by molar-refractivity contribution is -0.109. The molecule has 2 aromatic rings. The van der Waals surface area contributed by atoms with Gasteiger partial charge < -0.3 is 14.8 Å². The van der Waals surface area contributed by atoms with Crippen LogP contribution in [0.5, 0.6) is 11.5 Å². The Morgan fingerprint density at radius 1 is 1.12 bits per heavy atom. The molecule has 1 heterocycles. The number of hydrogen-bond acceptors (Lipinski definition) is 4. The molecule has 3 rings (SSSR count). The predicted molar refractivity (Wildman–Crippen MR) is 102 cm³/mol. The van der Waals surface area contributed by atoms with E-state index in [0.29, 0.717) is 28.4 Å². The lowest BCUT2D eigenvalue weighted by Gasteiger charge is -2.32. The lowest BCUT2D eigenvalue weighted by Crippen LogP contribution is -2.39. The van der Waals surface area contributed by atoms with Gasteiger partial charge in [-0.15, -0.1) is 0 Å². The summed E-state index contributed by atoms with van der Waals surface area (Å²) in [4.78, 5) is 12.8. The van der Waals surface area contributed by atoms with Gasteiger partial charge in [-0.25, -0.2) is 0 Å². The molecule has 132 valence electrons. The largest absolute Gasteiger partial charge is 0.454 e. The van der Waals surface area contributed by atoms with Gasteiger partial charge in [0, 0.05) is 24.2 Å². The van der Waals surface area contributed by atoms with Crippen LogP contribution in [-0.4, -0.2) is 36.9 Å². The van der Waals surface area contributed by atoms with Crippen molar-refractivity contribution in [3.8, 4) is 11.5 Å². The molecule has 1 saturated heterocycles. The molecule has 1 N–H and O–H groups in total. The third kappa shape index (κ3) is 4.88. The fraction of sp³-hybridized carbons (Fsp3) is 0.316. The van der Waals surface area contributed by atoms with Crippen molar-refractivity contribution in [1.29, 1.82) is 0 Å². The highest BCUT2D eigenvalue weighted by Gasteiger charge is 2.19. The topological polar surface area (TPSA) is 41.6 Å². The number of likely N-dealkylation sites (tertiary alicyclic amines) is 1. The Kier molecular flexibility index (Phi) is 6.19. The van der Waals surface area contributed by atoms with Gasteiger partial charge in [0.2, 0.25) is 0 Å². The molecule has 0 bridgehead atoms. The number of para-hydroxylation sites is 2. The number of anilines is 1. The highest BCUT2D eigenvalue weighted by molar-refractivity contribution is 6.35. The van der Waals surface area contributed by atoms with Crippen LogP contribution in [0.2, 0.25) is 10.0 Å². The number of nitrogens with one attached hydrogen (secondary N) is 1. The van der Waals surface area contributed by atoms with Gasteiger partial charge >= 0.3 is 0 Å². The van der Waals surface area contributed by atoms with Gasteiger partial charge in [-0.1, -0.05) is 35.3 Å². The van der Waals surface area contributed by atoms with Crippen LogP contribution in [0, 0.1) is 0 Å². The van der Waals surface area contributed by atoms with Gasteiger partial charge in [0.05, 0.1) is 17.3 Å². The Morgan fingerprint density at radius 2 is 1.88 bits per heavy atom. The maximum atomic E-state index is 10.6. The van der Waals surface area contributed by atoms with E-state index < -0.39 is 0 Å². The number of carbonyl (C=O) groups excluding carboxylic acids is 1. The van der Waals surface area contributed by atoms with E-state index in [0.717, 1.165) is 43.7 Å². The monoisotopic (exact) mass is 378 g/mol. The molecule has 0 spiro atoms. The van der Waals surface area contributed by atoms with E-state index >= 15 is 0 Å². The first-order chi connectivity index (χ1) is 12.2. The summed E-state index contributed by atoms with van der Waals surface area (Å²) in [6.45, 7) is 2.35. The molecule has 0 unspecified atom stereocenters. The van der Waals surface area contributed by atoms with E-state index in [1.807, 2.05) is 24.3 Å². The van der Waals surface area contributed by atoms with E-state index in [-0.39, 0.29) is 0 Å². The first kappa shape index (κ1) is 18.1. The fourth-order valence-electron chi connectivity index (χ4n) is 2.94. The van der Waals surface area contributed by atoms with Crippen molar-refractivity contribution in [2.75, 3.05) is 25.0 Å². The Hall–Kier alpha value is -1.75. The van der Waals surface area contributed by atoms with Crippen LogP contribution in [0.1, 0.15) is 12.8 Å². The third-order valence-electron chi connectivity index (χ3n) is 4.28. The number of aldehydes is 1. The first-order valence-corrected chi connectivity index (χ1v) is 9.06. The van der Waals surface area contributed by atoms with E-state index in [1.54, 1.807) is 18.2 Å². The van der Waals surface area contributed by atoms with Crippen molar-refractivity contribution in [3.63, 3.8) is 0 Å². The normalized spacial score (nSPS) is 15.8. The van der Waals surface area contributed by atoms with Gasteiger partial charge in [0.1, 0.15) is 12.0 Å². The average molecular weight is 379 g/mol. The van der Waals surface area contributed by atoms with Gasteiger partial charge in [0.15, 0.2) is 5.75 Å². The fourth-order valence-corrected chi connectivity index (χ4v) is 3.38. The minimum absolute atomic E-state index is 0.355. The molecule has 1 aliphatic heterocycles. The smallest absolute Gasteiger partial charge is 0.150 e. The summed E-state index contributed by atoms with van der Waals surface area (Å²) in [6.07, 6.45) is 2.94.